The number of halogens is 1. The number of nitrogens with two attached hydrogens (primary N) is 1. The van der Waals surface area contributed by atoms with Crippen molar-refractivity contribution in [1.82, 2.24) is 0 Å². The monoisotopic (exact) mass is 333 g/mol. The van der Waals surface area contributed by atoms with Crippen LogP contribution in [0.15, 0.2) is 46.9 Å². The lowest BCUT2D eigenvalue weighted by Gasteiger charge is -2.30. The predicted octanol–water partition coefficient (Wildman–Crippen LogP) is 3.98. The fourth-order valence-corrected chi connectivity index (χ4v) is 2.86. The van der Waals surface area contributed by atoms with Gasteiger partial charge in [0.05, 0.1) is 7.11 Å². The average Bonchev–Trinajstić information content (AvgIpc) is 2.46. The molecule has 3 rings (SSSR count). The van der Waals surface area contributed by atoms with Crippen LogP contribution < -0.4 is 15.2 Å². The van der Waals surface area contributed by atoms with Gasteiger partial charge in [-0.15, -0.1) is 0 Å². The van der Waals surface area contributed by atoms with Gasteiger partial charge in [-0.3, -0.25) is 0 Å². The second-order valence-corrected chi connectivity index (χ2v) is 5.82. The Morgan fingerprint density at radius 3 is 2.90 bits per heavy atom. The van der Waals surface area contributed by atoms with Gasteiger partial charge >= 0.3 is 0 Å². The van der Waals surface area contributed by atoms with Crippen molar-refractivity contribution in [2.24, 2.45) is 5.73 Å². The summed E-state index contributed by atoms with van der Waals surface area (Å²) in [5, 5.41) is 0. The zero-order valence-electron chi connectivity index (χ0n) is 11.2. The van der Waals surface area contributed by atoms with Gasteiger partial charge in [-0.2, -0.15) is 0 Å². The van der Waals surface area contributed by atoms with Gasteiger partial charge < -0.3 is 15.2 Å². The number of rotatable bonds is 2. The molecule has 0 aliphatic carbocycles. The molecule has 1 aliphatic rings. The highest BCUT2D eigenvalue weighted by atomic mass is 79.9. The highest BCUT2D eigenvalue weighted by molar-refractivity contribution is 9.10. The molecule has 0 spiro atoms. The molecule has 3 nitrogen and oxygen atoms in total. The molecule has 104 valence electrons. The topological polar surface area (TPSA) is 44.5 Å². The van der Waals surface area contributed by atoms with Crippen LogP contribution >= 0.6 is 15.9 Å². The molecule has 4 heteroatoms. The summed E-state index contributed by atoms with van der Waals surface area (Å²) in [5.41, 5.74) is 8.42. The van der Waals surface area contributed by atoms with E-state index in [4.69, 9.17) is 15.2 Å². The number of benzene rings is 2. The normalized spacial score (nSPS) is 20.9. The van der Waals surface area contributed by atoms with Crippen molar-refractivity contribution in [1.29, 1.82) is 0 Å². The Balaban J connectivity index is 1.94. The van der Waals surface area contributed by atoms with Gasteiger partial charge in [-0.05, 0) is 29.8 Å². The Morgan fingerprint density at radius 1 is 1.25 bits per heavy atom. The number of ether oxygens (including phenoxy) is 2. The standard InChI is InChI=1S/C16H16BrNO2/c1-19-12-4-2-3-10(7-12)15-9-14(18)13-6-5-11(17)8-16(13)20-15/h2-8,14-15H,9,18H2,1H3/t14-,15?/m0/s1. The molecule has 0 amide bonds. The molecule has 1 heterocycles. The first kappa shape index (κ1) is 13.5. The lowest BCUT2D eigenvalue weighted by Crippen LogP contribution is -2.24. The van der Waals surface area contributed by atoms with Gasteiger partial charge in [0, 0.05) is 22.5 Å². The van der Waals surface area contributed by atoms with Crippen LogP contribution in [0.1, 0.15) is 29.7 Å². The summed E-state index contributed by atoms with van der Waals surface area (Å²) >= 11 is 3.47. The van der Waals surface area contributed by atoms with Crippen LogP contribution in [-0.4, -0.2) is 7.11 Å². The Labute approximate surface area is 126 Å². The Kier molecular flexibility index (Phi) is 3.68. The van der Waals surface area contributed by atoms with Crippen molar-refractivity contribution in [3.63, 3.8) is 0 Å². The quantitative estimate of drug-likeness (QED) is 0.903. The van der Waals surface area contributed by atoms with Crippen LogP contribution in [-0.2, 0) is 0 Å². The Morgan fingerprint density at radius 2 is 2.10 bits per heavy atom. The van der Waals surface area contributed by atoms with Gasteiger partial charge in [0.15, 0.2) is 0 Å². The van der Waals surface area contributed by atoms with Gasteiger partial charge in [0.1, 0.15) is 17.6 Å². The molecular formula is C16H16BrNO2. The molecule has 2 aromatic rings. The smallest absolute Gasteiger partial charge is 0.126 e. The van der Waals surface area contributed by atoms with Crippen molar-refractivity contribution in [3.8, 4) is 11.5 Å². The first-order chi connectivity index (χ1) is 9.67. The molecule has 0 saturated heterocycles. The fraction of sp³-hybridized carbons (Fsp3) is 0.250. The van der Waals surface area contributed by atoms with E-state index in [1.165, 1.54) is 0 Å². The second-order valence-electron chi connectivity index (χ2n) is 4.91. The van der Waals surface area contributed by atoms with Gasteiger partial charge in [-0.1, -0.05) is 34.1 Å². The summed E-state index contributed by atoms with van der Waals surface area (Å²) in [4.78, 5) is 0. The summed E-state index contributed by atoms with van der Waals surface area (Å²) < 4.78 is 12.4. The zero-order valence-corrected chi connectivity index (χ0v) is 12.8. The molecule has 2 aromatic carbocycles. The van der Waals surface area contributed by atoms with E-state index in [9.17, 15) is 0 Å². The van der Waals surface area contributed by atoms with E-state index in [2.05, 4.69) is 15.9 Å². The van der Waals surface area contributed by atoms with Gasteiger partial charge in [0.2, 0.25) is 0 Å². The summed E-state index contributed by atoms with van der Waals surface area (Å²) in [6.45, 7) is 0. The third-order valence-electron chi connectivity index (χ3n) is 3.58. The van der Waals surface area contributed by atoms with E-state index in [1.54, 1.807) is 7.11 Å². The molecule has 20 heavy (non-hydrogen) atoms. The van der Waals surface area contributed by atoms with E-state index in [1.807, 2.05) is 42.5 Å². The Hall–Kier alpha value is -1.52. The molecule has 0 fully saturated rings. The summed E-state index contributed by atoms with van der Waals surface area (Å²) in [7, 11) is 1.67. The second kappa shape index (κ2) is 5.46. The lowest BCUT2D eigenvalue weighted by atomic mass is 9.93. The van der Waals surface area contributed by atoms with Crippen LogP contribution in [0.2, 0.25) is 0 Å². The SMILES string of the molecule is COc1cccc(C2C[C@H](N)c3ccc(Br)cc3O2)c1. The minimum atomic E-state index is -0.0399. The molecule has 2 N–H and O–H groups in total. The van der Waals surface area contributed by atoms with E-state index >= 15 is 0 Å². The first-order valence-corrected chi connectivity index (χ1v) is 7.32. The molecule has 0 aromatic heterocycles. The van der Waals surface area contributed by atoms with Gasteiger partial charge in [-0.25, -0.2) is 0 Å². The number of methoxy groups -OCH3 is 1. The van der Waals surface area contributed by atoms with E-state index in [-0.39, 0.29) is 12.1 Å². The summed E-state index contributed by atoms with van der Waals surface area (Å²) in [6, 6.07) is 13.9. The first-order valence-electron chi connectivity index (χ1n) is 6.53. The van der Waals surface area contributed by atoms with E-state index < -0.39 is 0 Å². The molecule has 1 aliphatic heterocycles. The molecule has 1 unspecified atom stereocenters. The fourth-order valence-electron chi connectivity index (χ4n) is 2.52. The Bertz CT molecular complexity index is 630. The van der Waals surface area contributed by atoms with E-state index in [0.29, 0.717) is 0 Å². The van der Waals surface area contributed by atoms with Crippen molar-refractivity contribution < 1.29 is 9.47 Å². The third kappa shape index (κ3) is 2.53. The predicted molar refractivity (Wildman–Crippen MR) is 82.1 cm³/mol. The van der Waals surface area contributed by atoms with Crippen LogP contribution in [0, 0.1) is 0 Å². The highest BCUT2D eigenvalue weighted by Crippen LogP contribution is 2.41. The molecule has 0 bridgehead atoms. The van der Waals surface area contributed by atoms with Crippen molar-refractivity contribution >= 4 is 15.9 Å². The molecule has 0 radical (unpaired) electrons. The number of hydrogen-bond donors (Lipinski definition) is 1. The maximum Gasteiger partial charge on any atom is 0.126 e. The maximum absolute atomic E-state index is 6.27. The van der Waals surface area contributed by atoms with E-state index in [0.717, 1.165) is 33.5 Å². The molecular weight excluding hydrogens is 318 g/mol. The average molecular weight is 334 g/mol. The maximum atomic E-state index is 6.27. The van der Waals surface area contributed by atoms with Crippen molar-refractivity contribution in [2.45, 2.75) is 18.6 Å². The molecule has 0 saturated carbocycles. The van der Waals surface area contributed by atoms with Crippen LogP contribution in [0.25, 0.3) is 0 Å². The summed E-state index contributed by atoms with van der Waals surface area (Å²) in [6.07, 6.45) is 0.726. The minimum absolute atomic E-state index is 0.0111. The largest absolute Gasteiger partial charge is 0.497 e. The van der Waals surface area contributed by atoms with Crippen LogP contribution in [0.5, 0.6) is 11.5 Å². The number of fused-ring (bicyclic) bond motifs is 1. The third-order valence-corrected chi connectivity index (χ3v) is 4.07. The minimum Gasteiger partial charge on any atom is -0.497 e. The van der Waals surface area contributed by atoms with Gasteiger partial charge in [0.25, 0.3) is 0 Å². The summed E-state index contributed by atoms with van der Waals surface area (Å²) in [5.74, 6) is 1.69. The lowest BCUT2D eigenvalue weighted by molar-refractivity contribution is 0.161. The van der Waals surface area contributed by atoms with Crippen molar-refractivity contribution in [3.05, 3.63) is 58.1 Å². The van der Waals surface area contributed by atoms with Crippen LogP contribution in [0.4, 0.5) is 0 Å². The highest BCUT2D eigenvalue weighted by Gasteiger charge is 2.27. The number of hydrogen-bond acceptors (Lipinski definition) is 3. The zero-order chi connectivity index (χ0) is 14.1. The molecule has 2 atom stereocenters. The van der Waals surface area contributed by atoms with Crippen molar-refractivity contribution in [2.75, 3.05) is 7.11 Å². The van der Waals surface area contributed by atoms with Crippen LogP contribution in [0.3, 0.4) is 0 Å².